The van der Waals surface area contributed by atoms with E-state index in [1.807, 2.05) is 17.5 Å². The molecule has 3 nitrogen and oxygen atoms in total. The Labute approximate surface area is 127 Å². The summed E-state index contributed by atoms with van der Waals surface area (Å²) in [5, 5.41) is 4.69. The molecule has 0 radical (unpaired) electrons. The highest BCUT2D eigenvalue weighted by Crippen LogP contribution is 2.28. The van der Waals surface area contributed by atoms with E-state index in [1.165, 1.54) is 55.2 Å². The maximum absolute atomic E-state index is 4.63. The molecule has 20 heavy (non-hydrogen) atoms. The lowest BCUT2D eigenvalue weighted by Gasteiger charge is -2.19. The Bertz CT molecular complexity index is 389. The first-order chi connectivity index (χ1) is 9.69. The summed E-state index contributed by atoms with van der Waals surface area (Å²) in [7, 11) is 0. The average molecular weight is 295 g/mol. The largest absolute Gasteiger partial charge is 0.348 e. The molecular weight excluding hydrogens is 266 g/mol. The first-order valence-corrected chi connectivity index (χ1v) is 8.93. The van der Waals surface area contributed by atoms with Crippen molar-refractivity contribution in [2.45, 2.75) is 65.5 Å². The van der Waals surface area contributed by atoms with Gasteiger partial charge in [-0.25, -0.2) is 4.98 Å². The molecule has 1 aliphatic rings. The topological polar surface area (TPSA) is 28.2 Å². The van der Waals surface area contributed by atoms with E-state index in [9.17, 15) is 0 Å². The van der Waals surface area contributed by atoms with E-state index in [1.54, 1.807) is 0 Å². The van der Waals surface area contributed by atoms with E-state index < -0.39 is 0 Å². The maximum Gasteiger partial charge on any atom is 0.185 e. The summed E-state index contributed by atoms with van der Waals surface area (Å²) < 4.78 is 0. The quantitative estimate of drug-likeness (QED) is 0.858. The molecule has 1 saturated heterocycles. The zero-order valence-corrected chi connectivity index (χ0v) is 14.0. The second kappa shape index (κ2) is 7.99. The van der Waals surface area contributed by atoms with Crippen LogP contribution < -0.4 is 10.2 Å². The Morgan fingerprint density at radius 3 is 3.00 bits per heavy atom. The number of hydrogen-bond acceptors (Lipinski definition) is 4. The van der Waals surface area contributed by atoms with Crippen LogP contribution in [0.15, 0.2) is 6.20 Å². The van der Waals surface area contributed by atoms with Crippen LogP contribution in [-0.2, 0) is 6.54 Å². The lowest BCUT2D eigenvalue weighted by Crippen LogP contribution is -2.24. The monoisotopic (exact) mass is 295 g/mol. The van der Waals surface area contributed by atoms with Gasteiger partial charge in [0.25, 0.3) is 0 Å². The minimum absolute atomic E-state index is 0.536. The molecule has 1 N–H and O–H groups in total. The Hall–Kier alpha value is -0.610. The number of thiazole rings is 1. The number of anilines is 1. The molecule has 4 heteroatoms. The van der Waals surface area contributed by atoms with Gasteiger partial charge >= 0.3 is 0 Å². The molecule has 1 unspecified atom stereocenters. The summed E-state index contributed by atoms with van der Waals surface area (Å²) in [6.45, 7) is 9.99. The summed E-state index contributed by atoms with van der Waals surface area (Å²) in [6, 6.07) is 0.536. The van der Waals surface area contributed by atoms with Gasteiger partial charge in [0.1, 0.15) is 0 Å². The van der Waals surface area contributed by atoms with E-state index in [4.69, 9.17) is 0 Å². The molecule has 0 saturated carbocycles. The van der Waals surface area contributed by atoms with Crippen molar-refractivity contribution in [2.75, 3.05) is 18.0 Å². The summed E-state index contributed by atoms with van der Waals surface area (Å²) in [5.74, 6) is 0.937. The highest BCUT2D eigenvalue weighted by atomic mass is 32.1. The van der Waals surface area contributed by atoms with Crippen LogP contribution in [-0.4, -0.2) is 24.1 Å². The highest BCUT2D eigenvalue weighted by molar-refractivity contribution is 7.15. The molecule has 2 heterocycles. The molecule has 1 aliphatic heterocycles. The van der Waals surface area contributed by atoms with Crippen LogP contribution in [0.3, 0.4) is 0 Å². The van der Waals surface area contributed by atoms with Gasteiger partial charge in [0.2, 0.25) is 0 Å². The third-order valence-corrected chi connectivity index (χ3v) is 5.10. The van der Waals surface area contributed by atoms with Crippen molar-refractivity contribution >= 4 is 16.5 Å². The van der Waals surface area contributed by atoms with Gasteiger partial charge in [-0.2, -0.15) is 0 Å². The van der Waals surface area contributed by atoms with Crippen LogP contribution in [0.2, 0.25) is 0 Å². The highest BCUT2D eigenvalue weighted by Gasteiger charge is 2.18. The van der Waals surface area contributed by atoms with Gasteiger partial charge in [0, 0.05) is 36.8 Å². The summed E-state index contributed by atoms with van der Waals surface area (Å²) in [6.07, 6.45) is 8.83. The average Bonchev–Trinajstić information content (AvgIpc) is 2.77. The Kier molecular flexibility index (Phi) is 6.30. The van der Waals surface area contributed by atoms with Crippen molar-refractivity contribution in [1.29, 1.82) is 0 Å². The SMILES string of the molecule is CCCC1CCCN(c2ncc(CNC(C)C)s2)CC1. The number of nitrogens with one attached hydrogen (secondary N) is 1. The molecule has 114 valence electrons. The maximum atomic E-state index is 4.63. The Balaban J connectivity index is 1.88. The van der Waals surface area contributed by atoms with E-state index in [0.717, 1.165) is 12.5 Å². The standard InChI is InChI=1S/C16H29N3S/c1-4-6-14-7-5-9-19(10-8-14)16-18-12-15(20-16)11-17-13(2)3/h12-14,17H,4-11H2,1-3H3. The van der Waals surface area contributed by atoms with E-state index in [-0.39, 0.29) is 0 Å². The van der Waals surface area contributed by atoms with Crippen molar-refractivity contribution < 1.29 is 0 Å². The third kappa shape index (κ3) is 4.74. The molecule has 0 aromatic carbocycles. The lowest BCUT2D eigenvalue weighted by atomic mass is 9.96. The normalized spacial score (nSPS) is 20.4. The molecule has 0 spiro atoms. The van der Waals surface area contributed by atoms with Crippen LogP contribution >= 0.6 is 11.3 Å². The Morgan fingerprint density at radius 2 is 2.25 bits per heavy atom. The summed E-state index contributed by atoms with van der Waals surface area (Å²) in [5.41, 5.74) is 0. The third-order valence-electron chi connectivity index (χ3n) is 4.04. The molecule has 1 aromatic heterocycles. The van der Waals surface area contributed by atoms with Gasteiger partial charge in [-0.05, 0) is 25.2 Å². The number of aromatic nitrogens is 1. The van der Waals surface area contributed by atoms with Crippen molar-refractivity contribution in [2.24, 2.45) is 5.92 Å². The Morgan fingerprint density at radius 1 is 1.40 bits per heavy atom. The summed E-state index contributed by atoms with van der Waals surface area (Å²) >= 11 is 1.86. The zero-order valence-electron chi connectivity index (χ0n) is 13.2. The van der Waals surface area contributed by atoms with Crippen LogP contribution in [0.5, 0.6) is 0 Å². The van der Waals surface area contributed by atoms with Gasteiger partial charge < -0.3 is 10.2 Å². The van der Waals surface area contributed by atoms with E-state index in [2.05, 4.69) is 36.0 Å². The van der Waals surface area contributed by atoms with Crippen molar-refractivity contribution in [3.63, 3.8) is 0 Å². The second-order valence-corrected chi connectivity index (χ2v) is 7.31. The molecule has 0 aliphatic carbocycles. The van der Waals surface area contributed by atoms with Crippen LogP contribution in [0.4, 0.5) is 5.13 Å². The molecule has 0 bridgehead atoms. The van der Waals surface area contributed by atoms with Gasteiger partial charge in [0.15, 0.2) is 5.13 Å². The molecule has 1 fully saturated rings. The molecule has 2 rings (SSSR count). The second-order valence-electron chi connectivity index (χ2n) is 6.22. The number of hydrogen-bond donors (Lipinski definition) is 1. The number of rotatable bonds is 6. The van der Waals surface area contributed by atoms with Crippen LogP contribution in [0.25, 0.3) is 0 Å². The van der Waals surface area contributed by atoms with Crippen LogP contribution in [0.1, 0.15) is 57.8 Å². The predicted octanol–water partition coefficient (Wildman–Crippen LogP) is 4.05. The first kappa shape index (κ1) is 15.8. The van der Waals surface area contributed by atoms with Crippen molar-refractivity contribution in [3.8, 4) is 0 Å². The first-order valence-electron chi connectivity index (χ1n) is 8.12. The van der Waals surface area contributed by atoms with Crippen molar-refractivity contribution in [1.82, 2.24) is 10.3 Å². The predicted molar refractivity (Wildman–Crippen MR) is 88.6 cm³/mol. The summed E-state index contributed by atoms with van der Waals surface area (Å²) in [4.78, 5) is 8.48. The molecule has 1 aromatic rings. The van der Waals surface area contributed by atoms with Gasteiger partial charge in [-0.3, -0.25) is 0 Å². The minimum atomic E-state index is 0.536. The van der Waals surface area contributed by atoms with Crippen LogP contribution in [0, 0.1) is 5.92 Å². The van der Waals surface area contributed by atoms with Gasteiger partial charge in [0.05, 0.1) is 0 Å². The number of nitrogens with zero attached hydrogens (tertiary/aromatic N) is 2. The van der Waals surface area contributed by atoms with E-state index >= 15 is 0 Å². The smallest absolute Gasteiger partial charge is 0.185 e. The molecular formula is C16H29N3S. The van der Waals surface area contributed by atoms with Gasteiger partial charge in [-0.15, -0.1) is 11.3 Å². The fourth-order valence-corrected chi connectivity index (χ4v) is 3.80. The van der Waals surface area contributed by atoms with E-state index in [0.29, 0.717) is 6.04 Å². The van der Waals surface area contributed by atoms with Crippen molar-refractivity contribution in [3.05, 3.63) is 11.1 Å². The fourth-order valence-electron chi connectivity index (χ4n) is 2.88. The molecule has 1 atom stereocenters. The lowest BCUT2D eigenvalue weighted by molar-refractivity contribution is 0.435. The zero-order chi connectivity index (χ0) is 14.4. The molecule has 0 amide bonds. The van der Waals surface area contributed by atoms with Gasteiger partial charge in [-0.1, -0.05) is 33.6 Å². The minimum Gasteiger partial charge on any atom is -0.348 e. The fraction of sp³-hybridized carbons (Fsp3) is 0.812.